The number of likely N-dealkylation sites (tertiary alicyclic amines) is 1. The molecule has 1 aromatic rings. The second kappa shape index (κ2) is 5.82. The molecule has 0 N–H and O–H groups in total. The fourth-order valence-corrected chi connectivity index (χ4v) is 1.88. The Morgan fingerprint density at radius 3 is 2.94 bits per heavy atom. The van der Waals surface area contributed by atoms with Gasteiger partial charge in [0.15, 0.2) is 0 Å². The SMILES string of the molecule is C/C=C/C(=O)N1CC[C@H](Oc2ncc(Cl)cn2)C1. The van der Waals surface area contributed by atoms with Crippen molar-refractivity contribution in [3.05, 3.63) is 29.6 Å². The Hall–Kier alpha value is -1.62. The number of ether oxygens (including phenoxy) is 1. The minimum absolute atomic E-state index is 0.0145. The summed E-state index contributed by atoms with van der Waals surface area (Å²) in [5.41, 5.74) is 0. The molecule has 1 aliphatic rings. The fraction of sp³-hybridized carbons (Fsp3) is 0.417. The van der Waals surface area contributed by atoms with Crippen molar-refractivity contribution in [2.24, 2.45) is 0 Å². The number of hydrogen-bond acceptors (Lipinski definition) is 4. The molecule has 1 aromatic heterocycles. The van der Waals surface area contributed by atoms with Crippen LogP contribution in [0, 0.1) is 0 Å². The van der Waals surface area contributed by atoms with Crippen LogP contribution < -0.4 is 4.74 Å². The average Bonchev–Trinajstić information content (AvgIpc) is 2.81. The van der Waals surface area contributed by atoms with E-state index in [4.69, 9.17) is 16.3 Å². The quantitative estimate of drug-likeness (QED) is 0.782. The van der Waals surface area contributed by atoms with Crippen LogP contribution in [0.15, 0.2) is 24.5 Å². The number of carbonyl (C=O) groups excluding carboxylic acids is 1. The van der Waals surface area contributed by atoms with E-state index in [1.165, 1.54) is 12.4 Å². The summed E-state index contributed by atoms with van der Waals surface area (Å²) in [6.45, 7) is 3.08. The summed E-state index contributed by atoms with van der Waals surface area (Å²) in [4.78, 5) is 21.3. The van der Waals surface area contributed by atoms with Gasteiger partial charge in [0, 0.05) is 13.0 Å². The lowest BCUT2D eigenvalue weighted by Crippen LogP contribution is -2.29. The monoisotopic (exact) mass is 267 g/mol. The van der Waals surface area contributed by atoms with Gasteiger partial charge < -0.3 is 9.64 Å². The molecule has 1 aliphatic heterocycles. The maximum atomic E-state index is 11.6. The van der Waals surface area contributed by atoms with Crippen LogP contribution in [0.4, 0.5) is 0 Å². The molecule has 1 atom stereocenters. The molecular weight excluding hydrogens is 254 g/mol. The van der Waals surface area contributed by atoms with Crippen LogP contribution >= 0.6 is 11.6 Å². The van der Waals surface area contributed by atoms with Crippen molar-refractivity contribution in [2.45, 2.75) is 19.4 Å². The van der Waals surface area contributed by atoms with Gasteiger partial charge in [-0.05, 0) is 13.0 Å². The molecule has 18 heavy (non-hydrogen) atoms. The van der Waals surface area contributed by atoms with Gasteiger partial charge in [-0.15, -0.1) is 0 Å². The number of nitrogens with zero attached hydrogens (tertiary/aromatic N) is 3. The third-order valence-corrected chi connectivity index (χ3v) is 2.83. The third kappa shape index (κ3) is 3.20. The lowest BCUT2D eigenvalue weighted by molar-refractivity contribution is -0.125. The van der Waals surface area contributed by atoms with Crippen LogP contribution in [0.2, 0.25) is 5.02 Å². The topological polar surface area (TPSA) is 55.3 Å². The molecule has 0 unspecified atom stereocenters. The summed E-state index contributed by atoms with van der Waals surface area (Å²) in [5, 5.41) is 0.471. The molecule has 1 fully saturated rings. The number of halogens is 1. The minimum atomic E-state index is -0.0552. The first-order valence-electron chi connectivity index (χ1n) is 5.75. The van der Waals surface area contributed by atoms with Gasteiger partial charge in [-0.2, -0.15) is 0 Å². The van der Waals surface area contributed by atoms with Gasteiger partial charge in [0.05, 0.1) is 24.0 Å². The maximum Gasteiger partial charge on any atom is 0.316 e. The zero-order valence-electron chi connectivity index (χ0n) is 10.0. The van der Waals surface area contributed by atoms with Gasteiger partial charge >= 0.3 is 6.01 Å². The van der Waals surface area contributed by atoms with Gasteiger partial charge in [0.2, 0.25) is 5.91 Å². The number of amides is 1. The normalized spacial score (nSPS) is 19.4. The van der Waals surface area contributed by atoms with Crippen molar-refractivity contribution >= 4 is 17.5 Å². The molecule has 1 saturated heterocycles. The third-order valence-electron chi connectivity index (χ3n) is 2.63. The first kappa shape index (κ1) is 12.8. The highest BCUT2D eigenvalue weighted by molar-refractivity contribution is 6.30. The van der Waals surface area contributed by atoms with Crippen molar-refractivity contribution in [3.8, 4) is 6.01 Å². The van der Waals surface area contributed by atoms with Crippen molar-refractivity contribution in [2.75, 3.05) is 13.1 Å². The lowest BCUT2D eigenvalue weighted by Gasteiger charge is -2.14. The van der Waals surface area contributed by atoms with E-state index in [0.29, 0.717) is 24.1 Å². The Labute approximate surface area is 110 Å². The fourth-order valence-electron chi connectivity index (χ4n) is 1.78. The molecular formula is C12H14ClN3O2. The largest absolute Gasteiger partial charge is 0.458 e. The van der Waals surface area contributed by atoms with Crippen LogP contribution in [-0.4, -0.2) is 40.0 Å². The second-order valence-electron chi connectivity index (χ2n) is 4.00. The Bertz CT molecular complexity index is 447. The summed E-state index contributed by atoms with van der Waals surface area (Å²) in [5.74, 6) is 0.0145. The molecule has 0 aliphatic carbocycles. The van der Waals surface area contributed by atoms with E-state index in [9.17, 15) is 4.79 Å². The zero-order valence-corrected chi connectivity index (χ0v) is 10.8. The maximum absolute atomic E-state index is 11.6. The summed E-state index contributed by atoms with van der Waals surface area (Å²) in [6, 6.07) is 0.296. The Morgan fingerprint density at radius 1 is 1.56 bits per heavy atom. The number of rotatable bonds is 3. The van der Waals surface area contributed by atoms with Gasteiger partial charge in [0.25, 0.3) is 0 Å². The van der Waals surface area contributed by atoms with Crippen LogP contribution in [0.25, 0.3) is 0 Å². The number of carbonyl (C=O) groups is 1. The van der Waals surface area contributed by atoms with Gasteiger partial charge in [-0.25, -0.2) is 9.97 Å². The van der Waals surface area contributed by atoms with Crippen molar-refractivity contribution in [1.29, 1.82) is 0 Å². The van der Waals surface area contributed by atoms with E-state index in [2.05, 4.69) is 9.97 Å². The molecule has 0 spiro atoms. The Morgan fingerprint density at radius 2 is 2.28 bits per heavy atom. The van der Waals surface area contributed by atoms with Crippen molar-refractivity contribution < 1.29 is 9.53 Å². The molecule has 0 aromatic carbocycles. The molecule has 0 radical (unpaired) electrons. The Kier molecular flexibility index (Phi) is 4.15. The lowest BCUT2D eigenvalue weighted by atomic mass is 10.3. The molecule has 0 bridgehead atoms. The predicted molar refractivity (Wildman–Crippen MR) is 67.5 cm³/mol. The van der Waals surface area contributed by atoms with Crippen LogP contribution in [0.3, 0.4) is 0 Å². The van der Waals surface area contributed by atoms with E-state index in [1.807, 2.05) is 6.92 Å². The number of aromatic nitrogens is 2. The molecule has 6 heteroatoms. The average molecular weight is 268 g/mol. The van der Waals surface area contributed by atoms with E-state index < -0.39 is 0 Å². The van der Waals surface area contributed by atoms with E-state index in [1.54, 1.807) is 17.1 Å². The summed E-state index contributed by atoms with van der Waals surface area (Å²) in [6.07, 6.45) is 7.00. The van der Waals surface area contributed by atoms with E-state index >= 15 is 0 Å². The predicted octanol–water partition coefficient (Wildman–Crippen LogP) is 1.69. The number of hydrogen-bond donors (Lipinski definition) is 0. The Balaban J connectivity index is 1.89. The molecule has 96 valence electrons. The van der Waals surface area contributed by atoms with E-state index in [0.717, 1.165) is 6.42 Å². The van der Waals surface area contributed by atoms with Crippen molar-refractivity contribution in [3.63, 3.8) is 0 Å². The molecule has 0 saturated carbocycles. The van der Waals surface area contributed by atoms with Crippen LogP contribution in [0.1, 0.15) is 13.3 Å². The summed E-state index contributed by atoms with van der Waals surface area (Å²) < 4.78 is 5.59. The van der Waals surface area contributed by atoms with Gasteiger partial charge in [-0.3, -0.25) is 4.79 Å². The minimum Gasteiger partial charge on any atom is -0.458 e. The number of allylic oxidation sites excluding steroid dienone is 1. The highest BCUT2D eigenvalue weighted by Gasteiger charge is 2.26. The van der Waals surface area contributed by atoms with Crippen LogP contribution in [0.5, 0.6) is 6.01 Å². The van der Waals surface area contributed by atoms with Crippen LogP contribution in [-0.2, 0) is 4.79 Å². The van der Waals surface area contributed by atoms with Gasteiger partial charge in [0.1, 0.15) is 6.10 Å². The summed E-state index contributed by atoms with van der Waals surface area (Å²) in [7, 11) is 0. The first-order valence-corrected chi connectivity index (χ1v) is 6.12. The highest BCUT2D eigenvalue weighted by atomic mass is 35.5. The summed E-state index contributed by atoms with van der Waals surface area (Å²) >= 11 is 5.69. The molecule has 2 heterocycles. The van der Waals surface area contributed by atoms with E-state index in [-0.39, 0.29) is 12.0 Å². The highest BCUT2D eigenvalue weighted by Crippen LogP contribution is 2.16. The van der Waals surface area contributed by atoms with Gasteiger partial charge in [-0.1, -0.05) is 17.7 Å². The molecule has 2 rings (SSSR count). The first-order chi connectivity index (χ1) is 8.69. The standard InChI is InChI=1S/C12H14ClN3O2/c1-2-3-11(17)16-5-4-10(8-16)18-12-14-6-9(13)7-15-12/h2-3,6-7,10H,4-5,8H2,1H3/b3-2+/t10-/m0/s1. The zero-order chi connectivity index (χ0) is 13.0. The molecule has 1 amide bonds. The molecule has 5 nitrogen and oxygen atoms in total. The smallest absolute Gasteiger partial charge is 0.316 e. The van der Waals surface area contributed by atoms with Crippen molar-refractivity contribution in [1.82, 2.24) is 14.9 Å². The second-order valence-corrected chi connectivity index (χ2v) is 4.43.